The van der Waals surface area contributed by atoms with Gasteiger partial charge in [-0.1, -0.05) is 12.1 Å². The molecule has 0 bridgehead atoms. The van der Waals surface area contributed by atoms with E-state index in [4.69, 9.17) is 8.92 Å². The Labute approximate surface area is 127 Å². The highest BCUT2D eigenvalue weighted by Crippen LogP contribution is 2.20. The van der Waals surface area contributed by atoms with Crippen LogP contribution in [0.2, 0.25) is 0 Å². The monoisotopic (exact) mass is 323 g/mol. The maximum absolute atomic E-state index is 12.0. The molecule has 22 heavy (non-hydrogen) atoms. The van der Waals surface area contributed by atoms with Crippen LogP contribution in [-0.4, -0.2) is 20.5 Å². The molecule has 0 aromatic heterocycles. The van der Waals surface area contributed by atoms with Crippen LogP contribution in [0.1, 0.15) is 5.56 Å². The molecule has 0 fully saturated rings. The van der Waals surface area contributed by atoms with Crippen molar-refractivity contribution in [3.05, 3.63) is 64.2 Å². The molecule has 0 saturated carbocycles. The molecule has 2 aromatic carbocycles. The standard InChI is InChI=1S/C14H13NO6S/c1-20-13-6-8-14(9-7-13)21-22(18,19)10-11-2-4-12(5-3-11)15(16)17/h2-9H,10H2,1H3. The van der Waals surface area contributed by atoms with E-state index in [1.54, 1.807) is 12.1 Å². The molecule has 0 aliphatic carbocycles. The highest BCUT2D eigenvalue weighted by atomic mass is 32.2. The van der Waals surface area contributed by atoms with Gasteiger partial charge in [-0.2, -0.15) is 8.42 Å². The van der Waals surface area contributed by atoms with E-state index in [2.05, 4.69) is 0 Å². The van der Waals surface area contributed by atoms with E-state index in [1.165, 1.54) is 43.5 Å². The normalized spacial score (nSPS) is 11.0. The third-order valence-electron chi connectivity index (χ3n) is 2.77. The zero-order valence-corrected chi connectivity index (χ0v) is 12.4. The molecule has 0 heterocycles. The maximum atomic E-state index is 12.0. The summed E-state index contributed by atoms with van der Waals surface area (Å²) < 4.78 is 33.8. The number of hydrogen-bond acceptors (Lipinski definition) is 6. The van der Waals surface area contributed by atoms with Crippen molar-refractivity contribution in [2.24, 2.45) is 0 Å². The van der Waals surface area contributed by atoms with Crippen LogP contribution in [0.15, 0.2) is 48.5 Å². The molecule has 0 aliphatic rings. The number of hydrogen-bond donors (Lipinski definition) is 0. The number of ether oxygens (including phenoxy) is 1. The number of nitro benzene ring substituents is 1. The molecule has 0 atom stereocenters. The third kappa shape index (κ3) is 4.19. The Kier molecular flexibility index (Phi) is 4.62. The maximum Gasteiger partial charge on any atom is 0.313 e. The van der Waals surface area contributed by atoms with Gasteiger partial charge in [0.05, 0.1) is 12.0 Å². The number of non-ortho nitro benzene ring substituents is 1. The zero-order chi connectivity index (χ0) is 16.2. The lowest BCUT2D eigenvalue weighted by Crippen LogP contribution is -2.12. The number of methoxy groups -OCH3 is 1. The summed E-state index contributed by atoms with van der Waals surface area (Å²) in [5, 5.41) is 10.5. The fraction of sp³-hybridized carbons (Fsp3) is 0.143. The molecular weight excluding hydrogens is 310 g/mol. The quantitative estimate of drug-likeness (QED) is 0.460. The van der Waals surface area contributed by atoms with Gasteiger partial charge in [-0.25, -0.2) is 0 Å². The second kappa shape index (κ2) is 6.44. The largest absolute Gasteiger partial charge is 0.497 e. The summed E-state index contributed by atoms with van der Waals surface area (Å²) in [7, 11) is -2.35. The number of nitro groups is 1. The molecule has 0 aliphatic heterocycles. The van der Waals surface area contributed by atoms with Crippen LogP contribution in [0.5, 0.6) is 11.5 Å². The lowest BCUT2D eigenvalue weighted by atomic mass is 10.2. The Morgan fingerprint density at radius 2 is 1.55 bits per heavy atom. The van der Waals surface area contributed by atoms with Crippen LogP contribution < -0.4 is 8.92 Å². The Hall–Kier alpha value is -2.61. The molecule has 0 unspecified atom stereocenters. The Balaban J connectivity index is 2.08. The van der Waals surface area contributed by atoms with Crippen LogP contribution in [0.4, 0.5) is 5.69 Å². The third-order valence-corrected chi connectivity index (χ3v) is 3.91. The van der Waals surface area contributed by atoms with Gasteiger partial charge in [0, 0.05) is 12.1 Å². The molecule has 0 N–H and O–H groups in total. The summed E-state index contributed by atoms with van der Waals surface area (Å²) in [5.41, 5.74) is 0.302. The summed E-state index contributed by atoms with van der Waals surface area (Å²) in [6.07, 6.45) is 0. The van der Waals surface area contributed by atoms with Gasteiger partial charge in [0.15, 0.2) is 0 Å². The van der Waals surface area contributed by atoms with Crippen molar-refractivity contribution < 1.29 is 22.3 Å². The topological polar surface area (TPSA) is 95.7 Å². The van der Waals surface area contributed by atoms with Gasteiger partial charge >= 0.3 is 10.1 Å². The van der Waals surface area contributed by atoms with E-state index in [-0.39, 0.29) is 17.2 Å². The average molecular weight is 323 g/mol. The van der Waals surface area contributed by atoms with Gasteiger partial charge in [0.1, 0.15) is 17.3 Å². The minimum absolute atomic E-state index is 0.0998. The van der Waals surface area contributed by atoms with Gasteiger partial charge in [0.25, 0.3) is 5.69 Å². The Bertz CT molecular complexity index is 753. The van der Waals surface area contributed by atoms with Gasteiger partial charge in [-0.05, 0) is 29.8 Å². The minimum atomic E-state index is -3.85. The first-order chi connectivity index (χ1) is 10.4. The fourth-order valence-electron chi connectivity index (χ4n) is 1.73. The molecule has 116 valence electrons. The second-order valence-corrected chi connectivity index (χ2v) is 5.96. The van der Waals surface area contributed by atoms with E-state index >= 15 is 0 Å². The summed E-state index contributed by atoms with van der Waals surface area (Å²) in [6, 6.07) is 11.4. The van der Waals surface area contributed by atoms with Gasteiger partial charge in [0.2, 0.25) is 0 Å². The summed E-state index contributed by atoms with van der Waals surface area (Å²) in [4.78, 5) is 9.99. The van der Waals surface area contributed by atoms with Gasteiger partial charge in [-0.3, -0.25) is 10.1 Å². The molecule has 8 heteroatoms. The van der Waals surface area contributed by atoms with Crippen molar-refractivity contribution in [2.75, 3.05) is 7.11 Å². The number of nitrogens with zero attached hydrogens (tertiary/aromatic N) is 1. The molecule has 0 saturated heterocycles. The van der Waals surface area contributed by atoms with Crippen LogP contribution in [0, 0.1) is 10.1 Å². The van der Waals surface area contributed by atoms with Gasteiger partial charge < -0.3 is 8.92 Å². The fourth-order valence-corrected chi connectivity index (χ4v) is 2.79. The van der Waals surface area contributed by atoms with E-state index in [0.717, 1.165) is 0 Å². The van der Waals surface area contributed by atoms with Crippen molar-refractivity contribution in [1.29, 1.82) is 0 Å². The predicted molar refractivity (Wildman–Crippen MR) is 79.3 cm³/mol. The highest BCUT2D eigenvalue weighted by molar-refractivity contribution is 7.86. The Morgan fingerprint density at radius 1 is 1.00 bits per heavy atom. The molecular formula is C14H13NO6S. The second-order valence-electron chi connectivity index (χ2n) is 4.38. The molecule has 0 amide bonds. The van der Waals surface area contributed by atoms with Crippen LogP contribution >= 0.6 is 0 Å². The van der Waals surface area contributed by atoms with Crippen molar-refractivity contribution >= 4 is 15.8 Å². The van der Waals surface area contributed by atoms with E-state index < -0.39 is 15.0 Å². The average Bonchev–Trinajstić information content (AvgIpc) is 2.47. The summed E-state index contributed by atoms with van der Waals surface area (Å²) >= 11 is 0. The number of benzene rings is 2. The summed E-state index contributed by atoms with van der Waals surface area (Å²) in [6.45, 7) is 0. The first-order valence-corrected chi connectivity index (χ1v) is 7.77. The van der Waals surface area contributed by atoms with E-state index in [1.807, 2.05) is 0 Å². The Morgan fingerprint density at radius 3 is 2.05 bits per heavy atom. The smallest absolute Gasteiger partial charge is 0.313 e. The highest BCUT2D eigenvalue weighted by Gasteiger charge is 2.15. The minimum Gasteiger partial charge on any atom is -0.497 e. The van der Waals surface area contributed by atoms with Crippen molar-refractivity contribution in [3.63, 3.8) is 0 Å². The molecule has 0 spiro atoms. The van der Waals surface area contributed by atoms with Crippen LogP contribution in [0.25, 0.3) is 0 Å². The molecule has 7 nitrogen and oxygen atoms in total. The SMILES string of the molecule is COc1ccc(OS(=O)(=O)Cc2ccc([N+](=O)[O-])cc2)cc1. The zero-order valence-electron chi connectivity index (χ0n) is 11.6. The number of rotatable bonds is 6. The van der Waals surface area contributed by atoms with Crippen LogP contribution in [0.3, 0.4) is 0 Å². The van der Waals surface area contributed by atoms with Crippen molar-refractivity contribution in [1.82, 2.24) is 0 Å². The molecule has 2 rings (SSSR count). The van der Waals surface area contributed by atoms with Gasteiger partial charge in [-0.15, -0.1) is 0 Å². The van der Waals surface area contributed by atoms with Crippen molar-refractivity contribution in [2.45, 2.75) is 5.75 Å². The first kappa shape index (κ1) is 15.8. The molecule has 0 radical (unpaired) electrons. The lowest BCUT2D eigenvalue weighted by Gasteiger charge is -2.07. The predicted octanol–water partition coefficient (Wildman–Crippen LogP) is 2.51. The first-order valence-electron chi connectivity index (χ1n) is 6.19. The summed E-state index contributed by atoms with van der Waals surface area (Å²) in [5.74, 6) is 0.375. The van der Waals surface area contributed by atoms with Crippen LogP contribution in [-0.2, 0) is 15.9 Å². The molecule has 2 aromatic rings. The van der Waals surface area contributed by atoms with E-state index in [0.29, 0.717) is 11.3 Å². The van der Waals surface area contributed by atoms with E-state index in [9.17, 15) is 18.5 Å². The van der Waals surface area contributed by atoms with Crippen molar-refractivity contribution in [3.8, 4) is 11.5 Å². The lowest BCUT2D eigenvalue weighted by molar-refractivity contribution is -0.384.